The Morgan fingerprint density at radius 2 is 1.78 bits per heavy atom. The normalized spacial score (nSPS) is 10.0. The van der Waals surface area contributed by atoms with Crippen LogP contribution in [0.1, 0.15) is 21.5 Å². The van der Waals surface area contributed by atoms with E-state index in [0.717, 1.165) is 11.1 Å². The molecule has 0 aromatic heterocycles. The predicted octanol–water partition coefficient (Wildman–Crippen LogP) is 2.68. The lowest BCUT2D eigenvalue weighted by atomic mass is 10.1. The number of methoxy groups -OCH3 is 1. The molecule has 0 saturated carbocycles. The molecular formula is C18H20N2O3. The first-order chi connectivity index (χ1) is 11.0. The van der Waals surface area contributed by atoms with E-state index in [-0.39, 0.29) is 18.4 Å². The molecule has 0 unspecified atom stereocenters. The van der Waals surface area contributed by atoms with Crippen LogP contribution in [0.25, 0.3) is 0 Å². The van der Waals surface area contributed by atoms with E-state index >= 15 is 0 Å². The molecule has 0 aliphatic carbocycles. The molecule has 0 aliphatic heterocycles. The highest BCUT2D eigenvalue weighted by Gasteiger charge is 2.12. The molecule has 2 aromatic carbocycles. The van der Waals surface area contributed by atoms with Gasteiger partial charge in [-0.3, -0.25) is 9.59 Å². The molecule has 2 rings (SSSR count). The molecule has 0 aliphatic rings. The van der Waals surface area contributed by atoms with Crippen LogP contribution in [0, 0.1) is 13.8 Å². The quantitative estimate of drug-likeness (QED) is 0.892. The maximum Gasteiger partial charge on any atom is 0.255 e. The third-order valence-electron chi connectivity index (χ3n) is 3.55. The SMILES string of the molecule is COc1ccccc1C(=O)NCC(=O)Nc1ccc(C)c(C)c1. The van der Waals surface area contributed by atoms with Crippen molar-refractivity contribution in [1.29, 1.82) is 0 Å². The summed E-state index contributed by atoms with van der Waals surface area (Å²) in [5, 5.41) is 5.35. The van der Waals surface area contributed by atoms with Crippen molar-refractivity contribution in [3.8, 4) is 5.75 Å². The van der Waals surface area contributed by atoms with Gasteiger partial charge in [0.25, 0.3) is 5.91 Å². The van der Waals surface area contributed by atoms with Crippen molar-refractivity contribution >= 4 is 17.5 Å². The predicted molar refractivity (Wildman–Crippen MR) is 89.9 cm³/mol. The molecule has 23 heavy (non-hydrogen) atoms. The zero-order valence-electron chi connectivity index (χ0n) is 13.5. The molecule has 0 atom stereocenters. The first kappa shape index (κ1) is 16.5. The Balaban J connectivity index is 1.93. The van der Waals surface area contributed by atoms with Gasteiger partial charge in [-0.25, -0.2) is 0 Å². The minimum atomic E-state index is -0.349. The number of aryl methyl sites for hydroxylation is 2. The lowest BCUT2D eigenvalue weighted by molar-refractivity contribution is -0.115. The first-order valence-electron chi connectivity index (χ1n) is 7.29. The van der Waals surface area contributed by atoms with Crippen molar-refractivity contribution < 1.29 is 14.3 Å². The van der Waals surface area contributed by atoms with Crippen LogP contribution in [0.2, 0.25) is 0 Å². The maximum atomic E-state index is 12.1. The van der Waals surface area contributed by atoms with Gasteiger partial charge in [0.05, 0.1) is 19.2 Å². The number of carbonyl (C=O) groups excluding carboxylic acids is 2. The number of anilines is 1. The van der Waals surface area contributed by atoms with Gasteiger partial charge in [-0.2, -0.15) is 0 Å². The Morgan fingerprint density at radius 1 is 1.04 bits per heavy atom. The average Bonchev–Trinajstić information content (AvgIpc) is 2.56. The van der Waals surface area contributed by atoms with Crippen LogP contribution in [0.15, 0.2) is 42.5 Å². The smallest absolute Gasteiger partial charge is 0.255 e. The van der Waals surface area contributed by atoms with E-state index in [1.165, 1.54) is 7.11 Å². The molecule has 0 saturated heterocycles. The van der Waals surface area contributed by atoms with E-state index in [0.29, 0.717) is 17.0 Å². The van der Waals surface area contributed by atoms with E-state index in [9.17, 15) is 9.59 Å². The van der Waals surface area contributed by atoms with Crippen molar-refractivity contribution in [3.63, 3.8) is 0 Å². The van der Waals surface area contributed by atoms with Crippen LogP contribution in [-0.2, 0) is 4.79 Å². The van der Waals surface area contributed by atoms with Crippen LogP contribution in [-0.4, -0.2) is 25.5 Å². The van der Waals surface area contributed by atoms with Gasteiger partial charge in [0.1, 0.15) is 5.75 Å². The average molecular weight is 312 g/mol. The Kier molecular flexibility index (Phi) is 5.36. The summed E-state index contributed by atoms with van der Waals surface area (Å²) in [6.07, 6.45) is 0. The number of hydrogen-bond donors (Lipinski definition) is 2. The number of rotatable bonds is 5. The molecule has 0 radical (unpaired) electrons. The minimum Gasteiger partial charge on any atom is -0.496 e. The Labute approximate surface area is 135 Å². The summed E-state index contributed by atoms with van der Waals surface area (Å²) in [6.45, 7) is 3.88. The molecule has 2 aromatic rings. The van der Waals surface area contributed by atoms with Gasteiger partial charge in [-0.05, 0) is 49.2 Å². The van der Waals surface area contributed by atoms with Gasteiger partial charge in [-0.1, -0.05) is 18.2 Å². The van der Waals surface area contributed by atoms with Crippen LogP contribution in [0.5, 0.6) is 5.75 Å². The third-order valence-corrected chi connectivity index (χ3v) is 3.55. The molecule has 0 heterocycles. The lowest BCUT2D eigenvalue weighted by Gasteiger charge is -2.10. The van der Waals surface area contributed by atoms with E-state index in [1.54, 1.807) is 24.3 Å². The van der Waals surface area contributed by atoms with Crippen molar-refractivity contribution in [1.82, 2.24) is 5.32 Å². The van der Waals surface area contributed by atoms with Crippen LogP contribution in [0.4, 0.5) is 5.69 Å². The summed E-state index contributed by atoms with van der Waals surface area (Å²) in [5.74, 6) is -0.159. The summed E-state index contributed by atoms with van der Waals surface area (Å²) in [7, 11) is 1.50. The summed E-state index contributed by atoms with van der Waals surface area (Å²) in [5.41, 5.74) is 3.37. The van der Waals surface area contributed by atoms with E-state index in [2.05, 4.69) is 10.6 Å². The summed E-state index contributed by atoms with van der Waals surface area (Å²) >= 11 is 0. The number of hydrogen-bond acceptors (Lipinski definition) is 3. The molecule has 5 nitrogen and oxygen atoms in total. The van der Waals surface area contributed by atoms with Crippen LogP contribution >= 0.6 is 0 Å². The number of ether oxygens (including phenoxy) is 1. The highest BCUT2D eigenvalue weighted by Crippen LogP contribution is 2.17. The van der Waals surface area contributed by atoms with Crippen molar-refractivity contribution in [2.45, 2.75) is 13.8 Å². The largest absolute Gasteiger partial charge is 0.496 e. The van der Waals surface area contributed by atoms with Gasteiger partial charge in [0.15, 0.2) is 0 Å². The van der Waals surface area contributed by atoms with Crippen LogP contribution in [0.3, 0.4) is 0 Å². The highest BCUT2D eigenvalue weighted by molar-refractivity contribution is 6.00. The Hall–Kier alpha value is -2.82. The molecule has 2 amide bonds. The number of para-hydroxylation sites is 1. The van der Waals surface area contributed by atoms with Gasteiger partial charge in [-0.15, -0.1) is 0 Å². The van der Waals surface area contributed by atoms with Crippen molar-refractivity contribution in [2.75, 3.05) is 19.0 Å². The molecule has 0 bridgehead atoms. The standard InChI is InChI=1S/C18H20N2O3/c1-12-8-9-14(10-13(12)2)20-17(21)11-19-18(22)15-6-4-5-7-16(15)23-3/h4-10H,11H2,1-3H3,(H,19,22)(H,20,21). The van der Waals surface area contributed by atoms with Gasteiger partial charge in [0, 0.05) is 5.69 Å². The Bertz CT molecular complexity index is 726. The number of amides is 2. The summed E-state index contributed by atoms with van der Waals surface area (Å²) in [4.78, 5) is 24.1. The van der Waals surface area contributed by atoms with Gasteiger partial charge < -0.3 is 15.4 Å². The molecule has 0 fully saturated rings. The number of nitrogens with one attached hydrogen (secondary N) is 2. The molecular weight excluding hydrogens is 292 g/mol. The highest BCUT2D eigenvalue weighted by atomic mass is 16.5. The second-order valence-electron chi connectivity index (χ2n) is 5.23. The maximum absolute atomic E-state index is 12.1. The second kappa shape index (κ2) is 7.45. The zero-order valence-corrected chi connectivity index (χ0v) is 13.5. The topological polar surface area (TPSA) is 67.4 Å². The van der Waals surface area contributed by atoms with Crippen molar-refractivity contribution in [2.24, 2.45) is 0 Å². The number of carbonyl (C=O) groups is 2. The summed E-state index contributed by atoms with van der Waals surface area (Å²) in [6, 6.07) is 12.5. The first-order valence-corrected chi connectivity index (χ1v) is 7.29. The van der Waals surface area contributed by atoms with Gasteiger partial charge in [0.2, 0.25) is 5.91 Å². The fraction of sp³-hybridized carbons (Fsp3) is 0.222. The molecule has 120 valence electrons. The lowest BCUT2D eigenvalue weighted by Crippen LogP contribution is -2.33. The third kappa shape index (κ3) is 4.32. The fourth-order valence-corrected chi connectivity index (χ4v) is 2.11. The van der Waals surface area contributed by atoms with Gasteiger partial charge >= 0.3 is 0 Å². The Morgan fingerprint density at radius 3 is 2.48 bits per heavy atom. The number of benzene rings is 2. The minimum absolute atomic E-state index is 0.107. The zero-order chi connectivity index (χ0) is 16.8. The molecule has 0 spiro atoms. The monoisotopic (exact) mass is 312 g/mol. The fourth-order valence-electron chi connectivity index (χ4n) is 2.11. The summed E-state index contributed by atoms with van der Waals surface area (Å²) < 4.78 is 5.13. The molecule has 5 heteroatoms. The van der Waals surface area contributed by atoms with E-state index < -0.39 is 0 Å². The van der Waals surface area contributed by atoms with Crippen LogP contribution < -0.4 is 15.4 Å². The van der Waals surface area contributed by atoms with E-state index in [1.807, 2.05) is 32.0 Å². The van der Waals surface area contributed by atoms with Crippen molar-refractivity contribution in [3.05, 3.63) is 59.2 Å². The molecule has 2 N–H and O–H groups in total. The van der Waals surface area contributed by atoms with E-state index in [4.69, 9.17) is 4.74 Å². The second-order valence-corrected chi connectivity index (χ2v) is 5.23.